The summed E-state index contributed by atoms with van der Waals surface area (Å²) >= 11 is 0. The Morgan fingerprint density at radius 2 is 1.71 bits per heavy atom. The van der Waals surface area contributed by atoms with Gasteiger partial charge in [-0.2, -0.15) is 0 Å². The van der Waals surface area contributed by atoms with Crippen LogP contribution in [0.3, 0.4) is 0 Å². The van der Waals surface area contributed by atoms with E-state index in [1.54, 1.807) is 4.90 Å². The number of benzene rings is 2. The molecule has 0 aromatic heterocycles. The Morgan fingerprint density at radius 1 is 0.968 bits per heavy atom. The van der Waals surface area contributed by atoms with E-state index in [1.165, 1.54) is 0 Å². The summed E-state index contributed by atoms with van der Waals surface area (Å²) in [5, 5.41) is 2.87. The lowest BCUT2D eigenvalue weighted by molar-refractivity contribution is -0.140. The first-order valence-electron chi connectivity index (χ1n) is 11.1. The van der Waals surface area contributed by atoms with Gasteiger partial charge in [-0.15, -0.1) is 0 Å². The van der Waals surface area contributed by atoms with Gasteiger partial charge in [0, 0.05) is 19.5 Å². The van der Waals surface area contributed by atoms with Crippen molar-refractivity contribution in [3.8, 4) is 11.5 Å². The number of carbonyl (C=O) groups excluding carboxylic acids is 2. The lowest BCUT2D eigenvalue weighted by Gasteiger charge is -2.30. The highest BCUT2D eigenvalue weighted by Gasteiger charge is 2.27. The summed E-state index contributed by atoms with van der Waals surface area (Å²) in [5.41, 5.74) is 2.17. The maximum Gasteiger partial charge on any atom is 0.242 e. The maximum absolute atomic E-state index is 13.2. The third-order valence-electron chi connectivity index (χ3n) is 5.46. The lowest BCUT2D eigenvalue weighted by atomic mass is 10.1. The molecular formula is C25H32N2O4. The van der Waals surface area contributed by atoms with Crippen molar-refractivity contribution in [1.29, 1.82) is 0 Å². The Labute approximate surface area is 184 Å². The highest BCUT2D eigenvalue weighted by Crippen LogP contribution is 2.31. The van der Waals surface area contributed by atoms with Gasteiger partial charge in [0.25, 0.3) is 0 Å². The van der Waals surface area contributed by atoms with Crippen molar-refractivity contribution in [1.82, 2.24) is 10.2 Å². The fourth-order valence-electron chi connectivity index (χ4n) is 3.83. The topological polar surface area (TPSA) is 67.9 Å². The summed E-state index contributed by atoms with van der Waals surface area (Å²) in [7, 11) is 0. The number of carbonyl (C=O) groups is 2. The molecule has 0 fully saturated rings. The minimum absolute atomic E-state index is 0.0103. The van der Waals surface area contributed by atoms with E-state index >= 15 is 0 Å². The normalized spacial score (nSPS) is 13.4. The number of nitrogens with zero attached hydrogens (tertiary/aromatic N) is 1. The lowest BCUT2D eigenvalue weighted by Crippen LogP contribution is -2.50. The summed E-state index contributed by atoms with van der Waals surface area (Å²) < 4.78 is 11.2. The van der Waals surface area contributed by atoms with Gasteiger partial charge in [0.1, 0.15) is 19.3 Å². The van der Waals surface area contributed by atoms with E-state index in [2.05, 4.69) is 5.32 Å². The van der Waals surface area contributed by atoms with Crippen molar-refractivity contribution in [2.24, 2.45) is 0 Å². The van der Waals surface area contributed by atoms with Crippen LogP contribution in [-0.4, -0.2) is 49.1 Å². The van der Waals surface area contributed by atoms with Crippen LogP contribution < -0.4 is 14.8 Å². The molecule has 2 aromatic rings. The van der Waals surface area contributed by atoms with Crippen LogP contribution in [0.25, 0.3) is 0 Å². The Kier molecular flexibility index (Phi) is 8.33. The van der Waals surface area contributed by atoms with Gasteiger partial charge in [0.2, 0.25) is 11.8 Å². The SMILES string of the molecule is CCNC(=O)[C@@H](CC)N(CCc1ccccc1)C(=O)CCc1ccc2c(c1)OCCO2. The van der Waals surface area contributed by atoms with E-state index in [1.807, 2.05) is 62.4 Å². The molecule has 6 heteroatoms. The molecule has 3 rings (SSSR count). The molecule has 6 nitrogen and oxygen atoms in total. The minimum atomic E-state index is -0.462. The average Bonchev–Trinajstić information content (AvgIpc) is 2.80. The molecule has 0 spiro atoms. The molecule has 0 aliphatic carbocycles. The quantitative estimate of drug-likeness (QED) is 0.635. The predicted octanol–water partition coefficient (Wildman–Crippen LogP) is 3.38. The number of fused-ring (bicyclic) bond motifs is 1. The second-order valence-corrected chi connectivity index (χ2v) is 7.62. The summed E-state index contributed by atoms with van der Waals surface area (Å²) in [6.07, 6.45) is 2.22. The molecule has 166 valence electrons. The van der Waals surface area contributed by atoms with Gasteiger partial charge in [0.05, 0.1) is 0 Å². The fraction of sp³-hybridized carbons (Fsp3) is 0.440. The van der Waals surface area contributed by atoms with Gasteiger partial charge in [-0.25, -0.2) is 0 Å². The number of aryl methyl sites for hydroxylation is 1. The van der Waals surface area contributed by atoms with Crippen LogP contribution in [0.15, 0.2) is 48.5 Å². The second-order valence-electron chi connectivity index (χ2n) is 7.62. The van der Waals surface area contributed by atoms with Crippen molar-refractivity contribution >= 4 is 11.8 Å². The van der Waals surface area contributed by atoms with E-state index in [0.717, 1.165) is 22.6 Å². The smallest absolute Gasteiger partial charge is 0.242 e. The first kappa shape index (κ1) is 22.7. The van der Waals surface area contributed by atoms with Gasteiger partial charge in [-0.3, -0.25) is 9.59 Å². The van der Waals surface area contributed by atoms with E-state index in [4.69, 9.17) is 9.47 Å². The van der Waals surface area contributed by atoms with Crippen LogP contribution in [0.1, 0.15) is 37.8 Å². The van der Waals surface area contributed by atoms with Crippen molar-refractivity contribution in [2.45, 2.75) is 45.6 Å². The van der Waals surface area contributed by atoms with Gasteiger partial charge < -0.3 is 19.7 Å². The van der Waals surface area contributed by atoms with Gasteiger partial charge in [0.15, 0.2) is 11.5 Å². The van der Waals surface area contributed by atoms with E-state index in [0.29, 0.717) is 52.0 Å². The molecule has 0 unspecified atom stereocenters. The molecular weight excluding hydrogens is 392 g/mol. The fourth-order valence-corrected chi connectivity index (χ4v) is 3.83. The van der Waals surface area contributed by atoms with Crippen LogP contribution in [-0.2, 0) is 22.4 Å². The summed E-state index contributed by atoms with van der Waals surface area (Å²) in [4.78, 5) is 27.6. The number of ether oxygens (including phenoxy) is 2. The predicted molar refractivity (Wildman–Crippen MR) is 120 cm³/mol. The van der Waals surface area contributed by atoms with Crippen LogP contribution in [0.2, 0.25) is 0 Å². The number of hydrogen-bond acceptors (Lipinski definition) is 4. The van der Waals surface area contributed by atoms with Crippen LogP contribution in [0, 0.1) is 0 Å². The Balaban J connectivity index is 1.69. The zero-order valence-corrected chi connectivity index (χ0v) is 18.4. The molecule has 2 amide bonds. The first-order valence-corrected chi connectivity index (χ1v) is 11.1. The molecule has 1 aliphatic heterocycles. The third kappa shape index (κ3) is 6.23. The second kappa shape index (κ2) is 11.4. The molecule has 2 aromatic carbocycles. The van der Waals surface area contributed by atoms with Gasteiger partial charge >= 0.3 is 0 Å². The standard InChI is InChI=1S/C25H32N2O4/c1-3-21(25(29)26-4-2)27(15-14-19-8-6-5-7-9-19)24(28)13-11-20-10-12-22-23(18-20)31-17-16-30-22/h5-10,12,18,21H,3-4,11,13-17H2,1-2H3,(H,26,29)/t21-/m1/s1. The molecule has 31 heavy (non-hydrogen) atoms. The Hall–Kier alpha value is -3.02. The average molecular weight is 425 g/mol. The highest BCUT2D eigenvalue weighted by atomic mass is 16.6. The number of amides is 2. The monoisotopic (exact) mass is 424 g/mol. The van der Waals surface area contributed by atoms with E-state index in [9.17, 15) is 9.59 Å². The molecule has 0 saturated heterocycles. The molecule has 0 bridgehead atoms. The van der Waals surface area contributed by atoms with Crippen LogP contribution in [0.5, 0.6) is 11.5 Å². The van der Waals surface area contributed by atoms with Gasteiger partial charge in [-0.05, 0) is 49.4 Å². The molecule has 1 N–H and O–H groups in total. The number of hydrogen-bond donors (Lipinski definition) is 1. The largest absolute Gasteiger partial charge is 0.486 e. The maximum atomic E-state index is 13.2. The summed E-state index contributed by atoms with van der Waals surface area (Å²) in [6, 6.07) is 15.4. The number of likely N-dealkylation sites (N-methyl/N-ethyl adjacent to an activating group) is 1. The summed E-state index contributed by atoms with van der Waals surface area (Å²) in [6.45, 7) is 5.99. The third-order valence-corrected chi connectivity index (χ3v) is 5.46. The zero-order chi connectivity index (χ0) is 22.1. The summed E-state index contributed by atoms with van der Waals surface area (Å²) in [5.74, 6) is 1.37. The minimum Gasteiger partial charge on any atom is -0.486 e. The Morgan fingerprint density at radius 3 is 2.42 bits per heavy atom. The van der Waals surface area contributed by atoms with Crippen molar-refractivity contribution in [3.05, 3.63) is 59.7 Å². The van der Waals surface area contributed by atoms with Crippen LogP contribution in [0.4, 0.5) is 0 Å². The van der Waals surface area contributed by atoms with E-state index < -0.39 is 6.04 Å². The highest BCUT2D eigenvalue weighted by molar-refractivity contribution is 5.87. The first-order chi connectivity index (χ1) is 15.1. The van der Waals surface area contributed by atoms with Crippen molar-refractivity contribution in [3.63, 3.8) is 0 Å². The molecule has 0 radical (unpaired) electrons. The molecule has 1 aliphatic rings. The van der Waals surface area contributed by atoms with Gasteiger partial charge in [-0.1, -0.05) is 43.3 Å². The number of rotatable bonds is 10. The van der Waals surface area contributed by atoms with Crippen molar-refractivity contribution < 1.29 is 19.1 Å². The van der Waals surface area contributed by atoms with Crippen LogP contribution >= 0.6 is 0 Å². The number of nitrogens with one attached hydrogen (secondary N) is 1. The molecule has 1 atom stereocenters. The van der Waals surface area contributed by atoms with Crippen molar-refractivity contribution in [2.75, 3.05) is 26.3 Å². The van der Waals surface area contributed by atoms with E-state index in [-0.39, 0.29) is 11.8 Å². The molecule has 1 heterocycles. The zero-order valence-electron chi connectivity index (χ0n) is 18.4. The molecule has 0 saturated carbocycles. The Bertz CT molecular complexity index is 869.